The van der Waals surface area contributed by atoms with E-state index in [1.54, 1.807) is 4.90 Å². The summed E-state index contributed by atoms with van der Waals surface area (Å²) < 4.78 is 5.53. The van der Waals surface area contributed by atoms with Crippen LogP contribution in [0, 0.1) is 0 Å². The molecule has 1 aliphatic rings. The van der Waals surface area contributed by atoms with E-state index in [9.17, 15) is 9.90 Å². The van der Waals surface area contributed by atoms with E-state index in [0.29, 0.717) is 19.5 Å². The van der Waals surface area contributed by atoms with Gasteiger partial charge in [-0.3, -0.25) is 4.90 Å². The number of aliphatic hydroxyl groups is 1. The van der Waals surface area contributed by atoms with Crippen LogP contribution < -0.4 is 5.32 Å². The van der Waals surface area contributed by atoms with Gasteiger partial charge in [0.05, 0.1) is 12.1 Å². The van der Waals surface area contributed by atoms with Crippen molar-refractivity contribution >= 4 is 6.09 Å². The van der Waals surface area contributed by atoms with Crippen LogP contribution in [0.2, 0.25) is 0 Å². The lowest BCUT2D eigenvalue weighted by Gasteiger charge is -2.38. The topological polar surface area (TPSA) is 61.8 Å². The van der Waals surface area contributed by atoms with Gasteiger partial charge in [0, 0.05) is 13.1 Å². The highest BCUT2D eigenvalue weighted by Gasteiger charge is 2.34. The summed E-state index contributed by atoms with van der Waals surface area (Å²) in [6.45, 7) is 7.28. The largest absolute Gasteiger partial charge is 0.444 e. The molecule has 0 bridgehead atoms. The van der Waals surface area contributed by atoms with Gasteiger partial charge in [-0.1, -0.05) is 30.3 Å². The van der Waals surface area contributed by atoms with E-state index in [1.807, 2.05) is 51.1 Å². The smallest absolute Gasteiger partial charge is 0.410 e. The summed E-state index contributed by atoms with van der Waals surface area (Å²) in [6, 6.07) is 9.57. The predicted octanol–water partition coefficient (Wildman–Crippen LogP) is 2.15. The lowest BCUT2D eigenvalue weighted by molar-refractivity contribution is -0.0159. The van der Waals surface area contributed by atoms with Crippen LogP contribution in [0.25, 0.3) is 0 Å². The van der Waals surface area contributed by atoms with Crippen molar-refractivity contribution in [1.29, 1.82) is 0 Å². The predicted molar refractivity (Wildman–Crippen MR) is 85.5 cm³/mol. The molecule has 1 fully saturated rings. The van der Waals surface area contributed by atoms with Gasteiger partial charge in [0.25, 0.3) is 0 Å². The third-order valence-corrected chi connectivity index (χ3v) is 3.64. The van der Waals surface area contributed by atoms with Crippen molar-refractivity contribution in [3.63, 3.8) is 0 Å². The summed E-state index contributed by atoms with van der Waals surface area (Å²) in [5.41, 5.74) is 0.475. The Bertz CT molecular complexity index is 484. The molecule has 1 aromatic rings. The molecule has 2 N–H and O–H groups in total. The second-order valence-electron chi connectivity index (χ2n) is 6.72. The maximum atomic E-state index is 12.6. The van der Waals surface area contributed by atoms with Gasteiger partial charge in [0.1, 0.15) is 5.60 Å². The quantitative estimate of drug-likeness (QED) is 0.898. The number of ether oxygens (including phenoxy) is 1. The van der Waals surface area contributed by atoms with E-state index in [2.05, 4.69) is 5.32 Å². The number of rotatable bonds is 3. The van der Waals surface area contributed by atoms with Gasteiger partial charge in [-0.05, 0) is 39.3 Å². The van der Waals surface area contributed by atoms with Crippen LogP contribution in [-0.2, 0) is 11.3 Å². The molecule has 22 heavy (non-hydrogen) atoms. The van der Waals surface area contributed by atoms with Gasteiger partial charge in [-0.25, -0.2) is 4.79 Å². The third-order valence-electron chi connectivity index (χ3n) is 3.64. The molecule has 1 amide bonds. The van der Waals surface area contributed by atoms with Crippen LogP contribution in [-0.4, -0.2) is 46.9 Å². The fraction of sp³-hybridized carbons (Fsp3) is 0.588. The van der Waals surface area contributed by atoms with E-state index >= 15 is 0 Å². The second kappa shape index (κ2) is 7.11. The fourth-order valence-corrected chi connectivity index (χ4v) is 2.61. The average Bonchev–Trinajstić information content (AvgIpc) is 2.45. The molecule has 2 rings (SSSR count). The Morgan fingerprint density at radius 2 is 2.05 bits per heavy atom. The summed E-state index contributed by atoms with van der Waals surface area (Å²) in [5, 5.41) is 13.4. The summed E-state index contributed by atoms with van der Waals surface area (Å²) in [5.74, 6) is 0. The zero-order valence-corrected chi connectivity index (χ0v) is 13.6. The number of carbonyl (C=O) groups excluding carboxylic acids is 1. The summed E-state index contributed by atoms with van der Waals surface area (Å²) in [6.07, 6.45) is -0.236. The first kappa shape index (κ1) is 16.8. The van der Waals surface area contributed by atoms with Crippen LogP contribution in [0.5, 0.6) is 0 Å². The van der Waals surface area contributed by atoms with Crippen molar-refractivity contribution in [1.82, 2.24) is 10.2 Å². The fourth-order valence-electron chi connectivity index (χ4n) is 2.61. The number of nitrogens with zero attached hydrogens (tertiary/aromatic N) is 1. The molecule has 0 radical (unpaired) electrons. The van der Waals surface area contributed by atoms with Crippen molar-refractivity contribution in [2.45, 2.75) is 51.5 Å². The Balaban J connectivity index is 2.17. The van der Waals surface area contributed by atoms with Crippen LogP contribution in [0.15, 0.2) is 30.3 Å². The molecular formula is C17H26N2O3. The highest BCUT2D eigenvalue weighted by molar-refractivity contribution is 5.68. The van der Waals surface area contributed by atoms with E-state index in [0.717, 1.165) is 12.1 Å². The van der Waals surface area contributed by atoms with Crippen LogP contribution >= 0.6 is 0 Å². The Hall–Kier alpha value is -1.59. The molecule has 2 atom stereocenters. The SMILES string of the molecule is CC(C)(C)OC(=O)N(Cc1ccccc1)[C@@H]1CCNC[C@@H]1O. The zero-order chi connectivity index (χ0) is 16.2. The molecule has 0 spiro atoms. The maximum absolute atomic E-state index is 12.6. The maximum Gasteiger partial charge on any atom is 0.410 e. The Kier molecular flexibility index (Phi) is 5.42. The Morgan fingerprint density at radius 3 is 2.64 bits per heavy atom. The lowest BCUT2D eigenvalue weighted by atomic mass is 10.0. The number of amides is 1. The number of piperidine rings is 1. The number of benzene rings is 1. The number of β-amino-alcohol motifs (C(OH)–C–C–N with tert-alkyl or cyclic N) is 1. The first-order chi connectivity index (χ1) is 10.4. The van der Waals surface area contributed by atoms with Crippen molar-refractivity contribution in [3.8, 4) is 0 Å². The number of hydrogen-bond acceptors (Lipinski definition) is 4. The number of aliphatic hydroxyl groups excluding tert-OH is 1. The van der Waals surface area contributed by atoms with Crippen LogP contribution in [0.4, 0.5) is 4.79 Å². The van der Waals surface area contributed by atoms with Gasteiger partial charge in [0.15, 0.2) is 0 Å². The normalized spacial score (nSPS) is 22.2. The van der Waals surface area contributed by atoms with Crippen LogP contribution in [0.1, 0.15) is 32.8 Å². The number of hydrogen-bond donors (Lipinski definition) is 2. The second-order valence-corrected chi connectivity index (χ2v) is 6.72. The molecule has 1 heterocycles. The Labute approximate surface area is 132 Å². The summed E-state index contributed by atoms with van der Waals surface area (Å²) >= 11 is 0. The minimum absolute atomic E-state index is 0.226. The van der Waals surface area contributed by atoms with E-state index in [-0.39, 0.29) is 12.1 Å². The average molecular weight is 306 g/mol. The lowest BCUT2D eigenvalue weighted by Crippen LogP contribution is -2.55. The molecular weight excluding hydrogens is 280 g/mol. The van der Waals surface area contributed by atoms with Crippen LogP contribution in [0.3, 0.4) is 0 Å². The van der Waals surface area contributed by atoms with Gasteiger partial charge < -0.3 is 15.2 Å². The van der Waals surface area contributed by atoms with Crippen molar-refractivity contribution in [2.24, 2.45) is 0 Å². The Morgan fingerprint density at radius 1 is 1.36 bits per heavy atom. The molecule has 0 aliphatic carbocycles. The minimum atomic E-state index is -0.579. The highest BCUT2D eigenvalue weighted by atomic mass is 16.6. The molecule has 5 nitrogen and oxygen atoms in total. The van der Waals surface area contributed by atoms with Gasteiger partial charge >= 0.3 is 6.09 Å². The molecule has 0 saturated carbocycles. The summed E-state index contributed by atoms with van der Waals surface area (Å²) in [7, 11) is 0. The molecule has 122 valence electrons. The molecule has 0 aromatic heterocycles. The molecule has 1 aromatic carbocycles. The van der Waals surface area contributed by atoms with E-state index in [1.165, 1.54) is 0 Å². The van der Waals surface area contributed by atoms with Gasteiger partial charge in [-0.2, -0.15) is 0 Å². The molecule has 0 unspecified atom stereocenters. The van der Waals surface area contributed by atoms with Crippen molar-refractivity contribution in [3.05, 3.63) is 35.9 Å². The minimum Gasteiger partial charge on any atom is -0.444 e. The molecule has 5 heteroatoms. The number of carbonyl (C=O) groups is 1. The van der Waals surface area contributed by atoms with E-state index < -0.39 is 11.7 Å². The third kappa shape index (κ3) is 4.71. The van der Waals surface area contributed by atoms with Gasteiger partial charge in [-0.15, -0.1) is 0 Å². The van der Waals surface area contributed by atoms with Crippen molar-refractivity contribution in [2.75, 3.05) is 13.1 Å². The standard InChI is InChI=1S/C17H26N2O3/c1-17(2,3)22-16(21)19(12-13-7-5-4-6-8-13)14-9-10-18-11-15(14)20/h4-8,14-15,18,20H,9-12H2,1-3H3/t14-,15+/m1/s1. The molecule has 1 aliphatic heterocycles. The van der Waals surface area contributed by atoms with Gasteiger partial charge in [0.2, 0.25) is 0 Å². The van der Waals surface area contributed by atoms with Crippen molar-refractivity contribution < 1.29 is 14.6 Å². The highest BCUT2D eigenvalue weighted by Crippen LogP contribution is 2.20. The first-order valence-electron chi connectivity index (χ1n) is 7.79. The zero-order valence-electron chi connectivity index (χ0n) is 13.6. The monoisotopic (exact) mass is 306 g/mol. The first-order valence-corrected chi connectivity index (χ1v) is 7.79. The van der Waals surface area contributed by atoms with E-state index in [4.69, 9.17) is 4.74 Å². The molecule has 1 saturated heterocycles. The number of nitrogens with one attached hydrogen (secondary N) is 1. The summed E-state index contributed by atoms with van der Waals surface area (Å²) in [4.78, 5) is 14.2.